The summed E-state index contributed by atoms with van der Waals surface area (Å²) in [7, 11) is 0. The van der Waals surface area contributed by atoms with Crippen LogP contribution in [0.3, 0.4) is 0 Å². The van der Waals surface area contributed by atoms with Crippen LogP contribution in [0.2, 0.25) is 0 Å². The van der Waals surface area contributed by atoms with Gasteiger partial charge in [0.1, 0.15) is 11.2 Å². The summed E-state index contributed by atoms with van der Waals surface area (Å²) < 4.78 is 0. The molecule has 0 radical (unpaired) electrons. The number of rotatable bonds is 5. The third-order valence-electron chi connectivity index (χ3n) is 2.16. The van der Waals surface area contributed by atoms with Crippen molar-refractivity contribution in [1.82, 2.24) is 0 Å². The molecule has 0 fully saturated rings. The summed E-state index contributed by atoms with van der Waals surface area (Å²) >= 11 is 0. The SMILES string of the molecule is CC(C)(C)OOC(=O)c1ccc(C[N+](=O)[O-])cc1[N+](=O)[O-]. The van der Waals surface area contributed by atoms with Crippen LogP contribution in [0, 0.1) is 20.2 Å². The molecule has 0 amide bonds. The Balaban J connectivity index is 3.03. The highest BCUT2D eigenvalue weighted by molar-refractivity contribution is 5.93. The van der Waals surface area contributed by atoms with Crippen LogP contribution in [0.5, 0.6) is 0 Å². The Morgan fingerprint density at radius 1 is 1.24 bits per heavy atom. The number of benzene rings is 1. The summed E-state index contributed by atoms with van der Waals surface area (Å²) in [4.78, 5) is 41.0. The van der Waals surface area contributed by atoms with E-state index in [0.717, 1.165) is 12.1 Å². The quantitative estimate of drug-likeness (QED) is 0.464. The Kier molecular flexibility index (Phi) is 4.93. The smallest absolute Gasteiger partial charge is 0.292 e. The molecule has 0 atom stereocenters. The zero-order chi connectivity index (χ0) is 16.2. The van der Waals surface area contributed by atoms with Gasteiger partial charge in [-0.3, -0.25) is 25.1 Å². The maximum atomic E-state index is 11.8. The van der Waals surface area contributed by atoms with E-state index in [1.807, 2.05) is 0 Å². The topological polar surface area (TPSA) is 122 Å². The Bertz CT molecular complexity index is 577. The number of nitro benzene ring substituents is 1. The average Bonchev–Trinajstić information content (AvgIpc) is 2.34. The lowest BCUT2D eigenvalue weighted by Gasteiger charge is -2.16. The van der Waals surface area contributed by atoms with Crippen molar-refractivity contribution in [1.29, 1.82) is 0 Å². The van der Waals surface area contributed by atoms with Crippen molar-refractivity contribution in [2.75, 3.05) is 0 Å². The molecule has 1 aromatic rings. The van der Waals surface area contributed by atoms with Crippen LogP contribution in [0.1, 0.15) is 36.7 Å². The van der Waals surface area contributed by atoms with E-state index in [-0.39, 0.29) is 11.1 Å². The fourth-order valence-corrected chi connectivity index (χ4v) is 1.36. The van der Waals surface area contributed by atoms with Crippen molar-refractivity contribution in [2.24, 2.45) is 0 Å². The molecule has 0 unspecified atom stereocenters. The fraction of sp³-hybridized carbons (Fsp3) is 0.417. The molecule has 0 saturated heterocycles. The predicted octanol–water partition coefficient (Wildman–Crippen LogP) is 2.26. The molecule has 1 aromatic carbocycles. The lowest BCUT2D eigenvalue weighted by Crippen LogP contribution is -2.22. The summed E-state index contributed by atoms with van der Waals surface area (Å²) in [6.45, 7) is 4.33. The second kappa shape index (κ2) is 6.27. The van der Waals surface area contributed by atoms with Crippen LogP contribution < -0.4 is 0 Å². The van der Waals surface area contributed by atoms with Crippen LogP contribution in [-0.4, -0.2) is 21.4 Å². The molecule has 9 nitrogen and oxygen atoms in total. The summed E-state index contributed by atoms with van der Waals surface area (Å²) in [5.74, 6) is -1.04. The van der Waals surface area contributed by atoms with Gasteiger partial charge >= 0.3 is 5.97 Å². The minimum absolute atomic E-state index is 0.111. The largest absolute Gasteiger partial charge is 0.380 e. The van der Waals surface area contributed by atoms with E-state index in [0.29, 0.717) is 0 Å². The second-order valence-electron chi connectivity index (χ2n) is 5.17. The van der Waals surface area contributed by atoms with Gasteiger partial charge in [0.2, 0.25) is 6.54 Å². The standard InChI is InChI=1S/C12H14N2O7/c1-12(2,3)21-20-11(15)9-5-4-8(7-13(16)17)6-10(9)14(18)19/h4-6H,7H2,1-3H3. The van der Waals surface area contributed by atoms with Crippen LogP contribution in [0.4, 0.5) is 5.69 Å². The maximum Gasteiger partial charge on any atom is 0.380 e. The van der Waals surface area contributed by atoms with E-state index < -0.39 is 33.6 Å². The molecular formula is C12H14N2O7. The summed E-state index contributed by atoms with van der Waals surface area (Å²) in [6, 6.07) is 3.32. The fourth-order valence-electron chi connectivity index (χ4n) is 1.36. The normalized spacial score (nSPS) is 11.0. The monoisotopic (exact) mass is 298 g/mol. The molecule has 0 N–H and O–H groups in total. The van der Waals surface area contributed by atoms with Gasteiger partial charge in [-0.25, -0.2) is 4.79 Å². The van der Waals surface area contributed by atoms with Gasteiger partial charge in [0, 0.05) is 16.6 Å². The maximum absolute atomic E-state index is 11.8. The Hall–Kier alpha value is -2.55. The van der Waals surface area contributed by atoms with Crippen molar-refractivity contribution >= 4 is 11.7 Å². The van der Waals surface area contributed by atoms with Crippen LogP contribution in [0.25, 0.3) is 0 Å². The van der Waals surface area contributed by atoms with Crippen LogP contribution in [-0.2, 0) is 16.3 Å². The minimum Gasteiger partial charge on any atom is -0.292 e. The van der Waals surface area contributed by atoms with E-state index in [1.54, 1.807) is 20.8 Å². The molecule has 0 heterocycles. The van der Waals surface area contributed by atoms with Crippen LogP contribution in [0.15, 0.2) is 18.2 Å². The molecule has 0 aliphatic heterocycles. The zero-order valence-corrected chi connectivity index (χ0v) is 11.7. The van der Waals surface area contributed by atoms with Crippen molar-refractivity contribution < 1.29 is 24.4 Å². The van der Waals surface area contributed by atoms with Gasteiger partial charge in [-0.1, -0.05) is 6.07 Å². The highest BCUT2D eigenvalue weighted by atomic mass is 17.2. The van der Waals surface area contributed by atoms with E-state index in [2.05, 4.69) is 4.89 Å². The van der Waals surface area contributed by atoms with E-state index in [9.17, 15) is 25.0 Å². The molecule has 0 bridgehead atoms. The first-order valence-electron chi connectivity index (χ1n) is 5.89. The molecule has 0 aliphatic carbocycles. The predicted molar refractivity (Wildman–Crippen MR) is 70.0 cm³/mol. The molecule has 114 valence electrons. The number of carbonyl (C=O) groups excluding carboxylic acids is 1. The molecule has 21 heavy (non-hydrogen) atoms. The number of hydrogen-bond donors (Lipinski definition) is 0. The molecule has 9 heteroatoms. The van der Waals surface area contributed by atoms with E-state index >= 15 is 0 Å². The molecule has 0 aromatic heterocycles. The van der Waals surface area contributed by atoms with Crippen molar-refractivity contribution in [3.63, 3.8) is 0 Å². The van der Waals surface area contributed by atoms with Crippen LogP contribution >= 0.6 is 0 Å². The Morgan fingerprint density at radius 3 is 2.33 bits per heavy atom. The summed E-state index contributed by atoms with van der Waals surface area (Å²) in [5, 5.41) is 21.4. The van der Waals surface area contributed by atoms with E-state index in [4.69, 9.17) is 4.89 Å². The lowest BCUT2D eigenvalue weighted by molar-refractivity contribution is -0.496. The molecular weight excluding hydrogens is 284 g/mol. The minimum atomic E-state index is -1.04. The first kappa shape index (κ1) is 16.5. The first-order valence-corrected chi connectivity index (χ1v) is 5.89. The van der Waals surface area contributed by atoms with Gasteiger partial charge in [-0.2, -0.15) is 4.89 Å². The number of hydrogen-bond acceptors (Lipinski definition) is 7. The second-order valence-corrected chi connectivity index (χ2v) is 5.17. The zero-order valence-electron chi connectivity index (χ0n) is 11.7. The lowest BCUT2D eigenvalue weighted by atomic mass is 10.1. The average molecular weight is 298 g/mol. The van der Waals surface area contributed by atoms with Crippen molar-refractivity contribution in [3.05, 3.63) is 49.6 Å². The molecule has 1 rings (SSSR count). The highest BCUT2D eigenvalue weighted by Crippen LogP contribution is 2.22. The van der Waals surface area contributed by atoms with Crippen molar-refractivity contribution in [3.8, 4) is 0 Å². The van der Waals surface area contributed by atoms with Gasteiger partial charge in [0.05, 0.1) is 4.92 Å². The van der Waals surface area contributed by atoms with Gasteiger partial charge in [0.25, 0.3) is 5.69 Å². The highest BCUT2D eigenvalue weighted by Gasteiger charge is 2.25. The molecule has 0 spiro atoms. The molecule has 0 saturated carbocycles. The first-order chi connectivity index (χ1) is 9.60. The van der Waals surface area contributed by atoms with Gasteiger partial charge in [0.15, 0.2) is 0 Å². The third-order valence-corrected chi connectivity index (χ3v) is 2.16. The Morgan fingerprint density at radius 2 is 1.86 bits per heavy atom. The summed E-state index contributed by atoms with van der Waals surface area (Å²) in [5.41, 5.74) is -1.57. The molecule has 0 aliphatic rings. The van der Waals surface area contributed by atoms with Gasteiger partial charge < -0.3 is 0 Å². The van der Waals surface area contributed by atoms with Crippen molar-refractivity contribution in [2.45, 2.75) is 32.9 Å². The number of carbonyl (C=O) groups is 1. The number of nitro groups is 2. The Labute approximate surface area is 119 Å². The van der Waals surface area contributed by atoms with Gasteiger partial charge in [-0.15, -0.1) is 0 Å². The third kappa shape index (κ3) is 5.15. The number of nitrogens with zero attached hydrogens (tertiary/aromatic N) is 2. The van der Waals surface area contributed by atoms with Gasteiger partial charge in [-0.05, 0) is 26.8 Å². The van der Waals surface area contributed by atoms with E-state index in [1.165, 1.54) is 6.07 Å². The summed E-state index contributed by atoms with van der Waals surface area (Å²) in [6.07, 6.45) is 0.